The van der Waals surface area contributed by atoms with Crippen molar-refractivity contribution in [2.24, 2.45) is 0 Å². The van der Waals surface area contributed by atoms with Crippen LogP contribution in [0.4, 0.5) is 5.69 Å². The van der Waals surface area contributed by atoms with E-state index in [0.717, 1.165) is 43.2 Å². The van der Waals surface area contributed by atoms with E-state index < -0.39 is 0 Å². The Morgan fingerprint density at radius 2 is 1.74 bits per heavy atom. The maximum atomic E-state index is 13.4. The number of aromatic nitrogens is 1. The minimum absolute atomic E-state index is 0.0646. The van der Waals surface area contributed by atoms with E-state index in [1.165, 1.54) is 0 Å². The summed E-state index contributed by atoms with van der Waals surface area (Å²) in [6.07, 6.45) is 1.73. The number of carbonyl (C=O) groups is 1. The molecule has 0 saturated carbocycles. The third-order valence-electron chi connectivity index (χ3n) is 5.21. The Bertz CT molecular complexity index is 1020. The predicted octanol–water partition coefficient (Wildman–Crippen LogP) is 5.07. The van der Waals surface area contributed by atoms with E-state index in [1.54, 1.807) is 23.2 Å². The number of ether oxygens (including phenoxy) is 1. The van der Waals surface area contributed by atoms with Gasteiger partial charge in [0.2, 0.25) is 0 Å². The molecule has 160 valence electrons. The largest absolute Gasteiger partial charge is 0.378 e. The van der Waals surface area contributed by atoms with Crippen LogP contribution in [0.5, 0.6) is 0 Å². The summed E-state index contributed by atoms with van der Waals surface area (Å²) in [5.74, 6) is -0.0646. The molecule has 0 aliphatic carbocycles. The van der Waals surface area contributed by atoms with Crippen molar-refractivity contribution >= 4 is 34.8 Å². The standard InChI is InChI=1S/C24H23Cl2N3O2/c25-22-9-4-18(15-23(22)26)16-29(17-20-3-1-2-10-27-20)24(30)19-5-7-21(8-6-19)28-11-13-31-14-12-28/h1-10,15H,11-14,16-17H2. The lowest BCUT2D eigenvalue weighted by Gasteiger charge is -2.29. The number of nitrogens with zero attached hydrogens (tertiary/aromatic N) is 3. The first-order chi connectivity index (χ1) is 15.1. The Morgan fingerprint density at radius 1 is 0.968 bits per heavy atom. The van der Waals surface area contributed by atoms with Gasteiger partial charge in [0.25, 0.3) is 5.91 Å². The van der Waals surface area contributed by atoms with Crippen LogP contribution in [0, 0.1) is 0 Å². The molecule has 0 radical (unpaired) electrons. The molecule has 0 atom stereocenters. The molecule has 4 rings (SSSR count). The van der Waals surface area contributed by atoms with E-state index >= 15 is 0 Å². The molecule has 0 spiro atoms. The maximum absolute atomic E-state index is 13.4. The van der Waals surface area contributed by atoms with Crippen LogP contribution in [-0.4, -0.2) is 42.1 Å². The minimum atomic E-state index is -0.0646. The predicted molar refractivity (Wildman–Crippen MR) is 124 cm³/mol. The average Bonchev–Trinajstić information content (AvgIpc) is 2.82. The van der Waals surface area contributed by atoms with Crippen molar-refractivity contribution < 1.29 is 9.53 Å². The molecule has 31 heavy (non-hydrogen) atoms. The molecule has 5 nitrogen and oxygen atoms in total. The molecule has 2 aromatic carbocycles. The SMILES string of the molecule is O=C(c1ccc(N2CCOCC2)cc1)N(Cc1ccc(Cl)c(Cl)c1)Cc1ccccn1. The fourth-order valence-corrected chi connectivity index (χ4v) is 3.88. The zero-order valence-electron chi connectivity index (χ0n) is 17.0. The summed E-state index contributed by atoms with van der Waals surface area (Å²) in [4.78, 5) is 21.8. The molecule has 0 unspecified atom stereocenters. The van der Waals surface area contributed by atoms with Gasteiger partial charge >= 0.3 is 0 Å². The van der Waals surface area contributed by atoms with Gasteiger partial charge in [-0.1, -0.05) is 35.3 Å². The number of amides is 1. The van der Waals surface area contributed by atoms with Gasteiger partial charge in [0.1, 0.15) is 0 Å². The summed E-state index contributed by atoms with van der Waals surface area (Å²) in [5, 5.41) is 0.964. The Balaban J connectivity index is 1.55. The second-order valence-electron chi connectivity index (χ2n) is 7.38. The monoisotopic (exact) mass is 455 g/mol. The zero-order chi connectivity index (χ0) is 21.6. The second kappa shape index (κ2) is 10.1. The van der Waals surface area contributed by atoms with Gasteiger partial charge in [-0.25, -0.2) is 0 Å². The van der Waals surface area contributed by atoms with E-state index in [0.29, 0.717) is 28.7 Å². The van der Waals surface area contributed by atoms with Gasteiger partial charge in [0.05, 0.1) is 35.5 Å². The van der Waals surface area contributed by atoms with Crippen LogP contribution >= 0.6 is 23.2 Å². The van der Waals surface area contributed by atoms with E-state index in [2.05, 4.69) is 9.88 Å². The number of hydrogen-bond acceptors (Lipinski definition) is 4. The highest BCUT2D eigenvalue weighted by Crippen LogP contribution is 2.24. The van der Waals surface area contributed by atoms with Crippen LogP contribution in [0.25, 0.3) is 0 Å². The number of carbonyl (C=O) groups excluding carboxylic acids is 1. The van der Waals surface area contributed by atoms with Crippen molar-refractivity contribution in [2.75, 3.05) is 31.2 Å². The lowest BCUT2D eigenvalue weighted by molar-refractivity contribution is 0.0728. The molecule has 2 heterocycles. The topological polar surface area (TPSA) is 45.7 Å². The van der Waals surface area contributed by atoms with Gasteiger partial charge in [-0.3, -0.25) is 9.78 Å². The first-order valence-electron chi connectivity index (χ1n) is 10.2. The van der Waals surface area contributed by atoms with Gasteiger partial charge in [-0.2, -0.15) is 0 Å². The number of rotatable bonds is 6. The fraction of sp³-hybridized carbons (Fsp3) is 0.250. The summed E-state index contributed by atoms with van der Waals surface area (Å²) in [6, 6.07) is 18.9. The third kappa shape index (κ3) is 5.56. The number of pyridine rings is 1. The molecule has 1 aliphatic heterocycles. The Morgan fingerprint density at radius 3 is 2.42 bits per heavy atom. The zero-order valence-corrected chi connectivity index (χ0v) is 18.5. The highest BCUT2D eigenvalue weighted by atomic mass is 35.5. The van der Waals surface area contributed by atoms with Gasteiger partial charge in [-0.15, -0.1) is 0 Å². The summed E-state index contributed by atoms with van der Waals surface area (Å²) in [5.41, 5.74) is 3.46. The lowest BCUT2D eigenvalue weighted by Crippen LogP contribution is -2.36. The van der Waals surface area contributed by atoms with Crippen molar-refractivity contribution in [3.05, 3.63) is 93.7 Å². The van der Waals surface area contributed by atoms with Crippen LogP contribution in [0.1, 0.15) is 21.6 Å². The quantitative estimate of drug-likeness (QED) is 0.520. The maximum Gasteiger partial charge on any atom is 0.254 e. The summed E-state index contributed by atoms with van der Waals surface area (Å²) in [7, 11) is 0. The molecular formula is C24H23Cl2N3O2. The number of anilines is 1. The number of morpholine rings is 1. The first kappa shape index (κ1) is 21.6. The van der Waals surface area contributed by atoms with Crippen molar-refractivity contribution in [3.8, 4) is 0 Å². The summed E-state index contributed by atoms with van der Waals surface area (Å²) in [6.45, 7) is 3.96. The third-order valence-corrected chi connectivity index (χ3v) is 5.95. The summed E-state index contributed by atoms with van der Waals surface area (Å²) < 4.78 is 5.42. The highest BCUT2D eigenvalue weighted by Gasteiger charge is 2.19. The first-order valence-corrected chi connectivity index (χ1v) is 10.9. The molecule has 1 aliphatic rings. The second-order valence-corrected chi connectivity index (χ2v) is 8.19. The Labute approximate surface area is 192 Å². The van der Waals surface area contributed by atoms with Gasteiger partial charge in [0.15, 0.2) is 0 Å². The van der Waals surface area contributed by atoms with Crippen molar-refractivity contribution in [3.63, 3.8) is 0 Å². The Hall–Kier alpha value is -2.60. The smallest absolute Gasteiger partial charge is 0.254 e. The molecule has 3 aromatic rings. The van der Waals surface area contributed by atoms with Crippen LogP contribution in [-0.2, 0) is 17.8 Å². The van der Waals surface area contributed by atoms with Crippen LogP contribution in [0.15, 0.2) is 66.9 Å². The van der Waals surface area contributed by atoms with Crippen LogP contribution in [0.2, 0.25) is 10.0 Å². The van der Waals surface area contributed by atoms with Gasteiger partial charge in [-0.05, 0) is 54.1 Å². The van der Waals surface area contributed by atoms with Gasteiger partial charge in [0, 0.05) is 37.1 Å². The number of benzene rings is 2. The molecule has 0 bridgehead atoms. The molecule has 1 aromatic heterocycles. The summed E-state index contributed by atoms with van der Waals surface area (Å²) >= 11 is 12.2. The average molecular weight is 456 g/mol. The van der Waals surface area contributed by atoms with Crippen molar-refractivity contribution in [1.29, 1.82) is 0 Å². The molecule has 1 fully saturated rings. The molecule has 7 heteroatoms. The van der Waals surface area contributed by atoms with Crippen molar-refractivity contribution in [2.45, 2.75) is 13.1 Å². The van der Waals surface area contributed by atoms with Crippen LogP contribution in [0.3, 0.4) is 0 Å². The molecular weight excluding hydrogens is 433 g/mol. The van der Waals surface area contributed by atoms with Crippen molar-refractivity contribution in [1.82, 2.24) is 9.88 Å². The minimum Gasteiger partial charge on any atom is -0.378 e. The molecule has 0 N–H and O–H groups in total. The van der Waals surface area contributed by atoms with E-state index in [-0.39, 0.29) is 5.91 Å². The van der Waals surface area contributed by atoms with E-state index in [9.17, 15) is 4.79 Å². The van der Waals surface area contributed by atoms with E-state index in [1.807, 2.05) is 48.5 Å². The van der Waals surface area contributed by atoms with E-state index in [4.69, 9.17) is 27.9 Å². The normalized spacial score (nSPS) is 13.8. The highest BCUT2D eigenvalue weighted by molar-refractivity contribution is 6.42. The number of hydrogen-bond donors (Lipinski definition) is 0. The fourth-order valence-electron chi connectivity index (χ4n) is 3.56. The van der Waals surface area contributed by atoms with Crippen LogP contribution < -0.4 is 4.90 Å². The van der Waals surface area contributed by atoms with Gasteiger partial charge < -0.3 is 14.5 Å². The number of halogens is 2. The Kier molecular flexibility index (Phi) is 7.07. The lowest BCUT2D eigenvalue weighted by atomic mass is 10.1. The molecule has 1 amide bonds. The molecule has 1 saturated heterocycles.